The van der Waals surface area contributed by atoms with Gasteiger partial charge in [0.2, 0.25) is 0 Å². The van der Waals surface area contributed by atoms with Crippen molar-refractivity contribution < 1.29 is 14.3 Å². The van der Waals surface area contributed by atoms with E-state index < -0.39 is 17.8 Å². The van der Waals surface area contributed by atoms with Crippen molar-refractivity contribution in [1.29, 1.82) is 0 Å². The number of hydrogen-bond acceptors (Lipinski definition) is 2. The summed E-state index contributed by atoms with van der Waals surface area (Å²) in [5.41, 5.74) is 1.22. The van der Waals surface area contributed by atoms with Crippen molar-refractivity contribution in [2.75, 3.05) is 6.61 Å². The Morgan fingerprint density at radius 1 is 1.19 bits per heavy atom. The maximum Gasteiger partial charge on any atom is 0.252 e. The van der Waals surface area contributed by atoms with Crippen molar-refractivity contribution in [3.8, 4) is 0 Å². The molecule has 2 N–H and O–H groups in total. The fraction of sp³-hybridized carbons (Fsp3) is 0.188. The third kappa shape index (κ3) is 4.12. The molecule has 2 aromatic carbocycles. The first-order valence-corrected chi connectivity index (χ1v) is 7.30. The average molecular weight is 352 g/mol. The van der Waals surface area contributed by atoms with E-state index in [0.717, 1.165) is 5.56 Å². The van der Waals surface area contributed by atoms with Gasteiger partial charge in [0, 0.05) is 0 Å². The summed E-state index contributed by atoms with van der Waals surface area (Å²) in [5.74, 6) is -0.914. The normalized spacial score (nSPS) is 12.0. The lowest BCUT2D eigenvalue weighted by molar-refractivity contribution is 0.0915. The van der Waals surface area contributed by atoms with Gasteiger partial charge in [0.15, 0.2) is 0 Å². The van der Waals surface area contributed by atoms with Crippen LogP contribution in [0.25, 0.3) is 0 Å². The molecular formula is C16H15BrFNO2. The monoisotopic (exact) mass is 351 g/mol. The molecule has 110 valence electrons. The second-order valence-electron chi connectivity index (χ2n) is 4.64. The molecule has 1 unspecified atom stereocenters. The van der Waals surface area contributed by atoms with E-state index in [1.165, 1.54) is 18.2 Å². The van der Waals surface area contributed by atoms with Crippen LogP contribution in [0.15, 0.2) is 53.0 Å². The lowest BCUT2D eigenvalue weighted by Crippen LogP contribution is -2.39. The van der Waals surface area contributed by atoms with Crippen molar-refractivity contribution >= 4 is 21.8 Å². The van der Waals surface area contributed by atoms with Crippen molar-refractivity contribution in [1.82, 2.24) is 5.32 Å². The van der Waals surface area contributed by atoms with Crippen molar-refractivity contribution in [3.05, 3.63) is 69.9 Å². The summed E-state index contributed by atoms with van der Waals surface area (Å²) < 4.78 is 13.6. The van der Waals surface area contributed by atoms with Gasteiger partial charge in [0.1, 0.15) is 5.82 Å². The molecular weight excluding hydrogens is 337 g/mol. The summed E-state index contributed by atoms with van der Waals surface area (Å²) in [5, 5.41) is 12.1. The molecule has 0 heterocycles. The first-order chi connectivity index (χ1) is 10.1. The van der Waals surface area contributed by atoms with E-state index in [4.69, 9.17) is 0 Å². The zero-order chi connectivity index (χ0) is 15.2. The highest BCUT2D eigenvalue weighted by molar-refractivity contribution is 9.10. The molecule has 2 aromatic rings. The molecule has 0 aliphatic carbocycles. The highest BCUT2D eigenvalue weighted by atomic mass is 79.9. The van der Waals surface area contributed by atoms with Gasteiger partial charge < -0.3 is 10.4 Å². The Morgan fingerprint density at radius 2 is 1.90 bits per heavy atom. The Hall–Kier alpha value is -1.72. The lowest BCUT2D eigenvalue weighted by atomic mass is 10.1. The number of aliphatic hydroxyl groups excluding tert-OH is 1. The minimum absolute atomic E-state index is 0.124. The Kier molecular flexibility index (Phi) is 5.47. The maximum absolute atomic E-state index is 13.4. The van der Waals surface area contributed by atoms with Crippen molar-refractivity contribution in [2.24, 2.45) is 0 Å². The second-order valence-corrected chi connectivity index (χ2v) is 5.44. The minimum Gasteiger partial charge on any atom is -0.394 e. The summed E-state index contributed by atoms with van der Waals surface area (Å²) in [4.78, 5) is 12.2. The molecule has 1 amide bonds. The number of hydrogen-bond donors (Lipinski definition) is 2. The van der Waals surface area contributed by atoms with Crippen LogP contribution in [0.4, 0.5) is 4.39 Å². The highest BCUT2D eigenvalue weighted by Gasteiger charge is 2.17. The van der Waals surface area contributed by atoms with Gasteiger partial charge >= 0.3 is 0 Å². The third-order valence-electron chi connectivity index (χ3n) is 3.08. The number of aliphatic hydroxyl groups is 1. The lowest BCUT2D eigenvalue weighted by Gasteiger charge is -2.17. The molecule has 0 radical (unpaired) electrons. The SMILES string of the molecule is O=C(NC(CO)Cc1ccccc1)c1cccc(F)c1Br. The van der Waals surface area contributed by atoms with Crippen LogP contribution >= 0.6 is 15.9 Å². The van der Waals surface area contributed by atoms with E-state index in [2.05, 4.69) is 21.2 Å². The number of halogens is 2. The molecule has 0 bridgehead atoms. The van der Waals surface area contributed by atoms with E-state index in [1.54, 1.807) is 0 Å². The number of amides is 1. The molecule has 0 fully saturated rings. The van der Waals surface area contributed by atoms with Crippen LogP contribution in [0, 0.1) is 5.82 Å². The van der Waals surface area contributed by atoms with Crippen LogP contribution in [0.1, 0.15) is 15.9 Å². The van der Waals surface area contributed by atoms with Crippen molar-refractivity contribution in [3.63, 3.8) is 0 Å². The van der Waals surface area contributed by atoms with E-state index in [-0.39, 0.29) is 16.6 Å². The average Bonchev–Trinajstić information content (AvgIpc) is 2.50. The van der Waals surface area contributed by atoms with Gasteiger partial charge in [-0.25, -0.2) is 4.39 Å². The quantitative estimate of drug-likeness (QED) is 0.869. The van der Waals surface area contributed by atoms with Crippen molar-refractivity contribution in [2.45, 2.75) is 12.5 Å². The molecule has 0 saturated carbocycles. The number of carbonyl (C=O) groups excluding carboxylic acids is 1. The largest absolute Gasteiger partial charge is 0.394 e. The van der Waals surface area contributed by atoms with E-state index in [9.17, 15) is 14.3 Å². The summed E-state index contributed by atoms with van der Waals surface area (Å²) in [7, 11) is 0. The van der Waals surface area contributed by atoms with Gasteiger partial charge in [0.05, 0.1) is 22.7 Å². The first-order valence-electron chi connectivity index (χ1n) is 6.51. The molecule has 3 nitrogen and oxygen atoms in total. The second kappa shape index (κ2) is 7.33. The molecule has 5 heteroatoms. The summed E-state index contributed by atoms with van der Waals surface area (Å²) in [6, 6.07) is 13.4. The molecule has 21 heavy (non-hydrogen) atoms. The fourth-order valence-electron chi connectivity index (χ4n) is 2.00. The van der Waals surface area contributed by atoms with Gasteiger partial charge in [-0.15, -0.1) is 0 Å². The first kappa shape index (κ1) is 15.7. The van der Waals surface area contributed by atoms with Crippen LogP contribution < -0.4 is 5.32 Å². The number of carbonyl (C=O) groups is 1. The standard InChI is InChI=1S/C16H15BrFNO2/c17-15-13(7-4-8-14(15)18)16(21)19-12(10-20)9-11-5-2-1-3-6-11/h1-8,12,20H,9-10H2,(H,19,21). The van der Waals surface area contributed by atoms with E-state index in [1.807, 2.05) is 30.3 Å². The zero-order valence-electron chi connectivity index (χ0n) is 11.2. The molecule has 2 rings (SSSR count). The Balaban J connectivity index is 2.08. The zero-order valence-corrected chi connectivity index (χ0v) is 12.8. The molecule has 0 aliphatic heterocycles. The smallest absolute Gasteiger partial charge is 0.252 e. The minimum atomic E-state index is -0.494. The Bertz CT molecular complexity index is 619. The third-order valence-corrected chi connectivity index (χ3v) is 3.88. The summed E-state index contributed by atoms with van der Waals surface area (Å²) >= 11 is 3.06. The number of rotatable bonds is 5. The molecule has 0 saturated heterocycles. The van der Waals surface area contributed by atoms with Crippen LogP contribution in [-0.4, -0.2) is 23.7 Å². The number of nitrogens with one attached hydrogen (secondary N) is 1. The maximum atomic E-state index is 13.4. The molecule has 0 spiro atoms. The molecule has 0 aliphatic rings. The summed E-state index contributed by atoms with van der Waals surface area (Å²) in [6.45, 7) is -0.187. The topological polar surface area (TPSA) is 49.3 Å². The fourth-order valence-corrected chi connectivity index (χ4v) is 2.45. The predicted octanol–water partition coefficient (Wildman–Crippen LogP) is 2.92. The van der Waals surface area contributed by atoms with Crippen LogP contribution in [-0.2, 0) is 6.42 Å². The van der Waals surface area contributed by atoms with Gasteiger partial charge in [-0.05, 0) is 40.0 Å². The summed E-state index contributed by atoms with van der Waals surface area (Å²) in [6.07, 6.45) is 0.510. The van der Waals surface area contributed by atoms with E-state index >= 15 is 0 Å². The Labute approximate surface area is 130 Å². The van der Waals surface area contributed by atoms with Gasteiger partial charge in [-0.3, -0.25) is 4.79 Å². The van der Waals surface area contributed by atoms with Crippen LogP contribution in [0.2, 0.25) is 0 Å². The van der Waals surface area contributed by atoms with Gasteiger partial charge in [0.25, 0.3) is 5.91 Å². The van der Waals surface area contributed by atoms with Gasteiger partial charge in [-0.2, -0.15) is 0 Å². The van der Waals surface area contributed by atoms with Crippen LogP contribution in [0.5, 0.6) is 0 Å². The van der Waals surface area contributed by atoms with Gasteiger partial charge in [-0.1, -0.05) is 36.4 Å². The molecule has 0 aromatic heterocycles. The predicted molar refractivity (Wildman–Crippen MR) is 82.6 cm³/mol. The Morgan fingerprint density at radius 3 is 2.57 bits per heavy atom. The number of benzene rings is 2. The van der Waals surface area contributed by atoms with Crippen LogP contribution in [0.3, 0.4) is 0 Å². The molecule has 1 atom stereocenters. The van der Waals surface area contributed by atoms with E-state index in [0.29, 0.717) is 6.42 Å². The highest BCUT2D eigenvalue weighted by Crippen LogP contribution is 2.20.